The molecule has 3 rings (SSSR count). The van der Waals surface area contributed by atoms with Gasteiger partial charge in [0.05, 0.1) is 4.91 Å². The largest absolute Gasteiger partial charge is 0.284 e. The molecule has 0 radical (unpaired) electrons. The van der Waals surface area contributed by atoms with E-state index in [9.17, 15) is 4.79 Å². The normalized spacial score (nSPS) is 17.5. The number of carbonyl (C=O) groups excluding carboxylic acids is 1. The molecule has 0 aliphatic carbocycles. The molecular weight excluding hydrogens is 408 g/mol. The number of benzene rings is 2. The van der Waals surface area contributed by atoms with E-state index in [2.05, 4.69) is 17.1 Å². The van der Waals surface area contributed by atoms with E-state index in [-0.39, 0.29) is 18.0 Å². The molecule has 1 fully saturated rings. The van der Waals surface area contributed by atoms with Gasteiger partial charge in [0.2, 0.25) is 0 Å². The Morgan fingerprint density at radius 3 is 2.11 bits per heavy atom. The Labute approximate surface area is 180 Å². The van der Waals surface area contributed by atoms with Crippen molar-refractivity contribution in [3.8, 4) is 0 Å². The van der Waals surface area contributed by atoms with Crippen LogP contribution >= 0.6 is 35.1 Å². The Morgan fingerprint density at radius 2 is 1.57 bits per heavy atom. The molecular formula is C22H23ClN2OS2. The lowest BCUT2D eigenvalue weighted by Crippen LogP contribution is -2.35. The van der Waals surface area contributed by atoms with Crippen LogP contribution in [0.15, 0.2) is 68.2 Å². The number of amidine groups is 1. The summed E-state index contributed by atoms with van der Waals surface area (Å²) in [6.45, 7) is 8.07. The van der Waals surface area contributed by atoms with Crippen LogP contribution in [0.3, 0.4) is 0 Å². The zero-order chi connectivity index (χ0) is 20.3. The Kier molecular flexibility index (Phi) is 6.91. The van der Waals surface area contributed by atoms with Gasteiger partial charge in [0, 0.05) is 26.9 Å². The van der Waals surface area contributed by atoms with E-state index in [1.807, 2.05) is 70.2 Å². The van der Waals surface area contributed by atoms with Crippen LogP contribution in [-0.2, 0) is 4.79 Å². The number of hydrogen-bond donors (Lipinski definition) is 0. The summed E-state index contributed by atoms with van der Waals surface area (Å²) in [7, 11) is 0. The highest BCUT2D eigenvalue weighted by Gasteiger charge is 2.35. The third-order valence-corrected chi connectivity index (χ3v) is 6.21. The van der Waals surface area contributed by atoms with Gasteiger partial charge in [-0.2, -0.15) is 0 Å². The molecule has 0 atom stereocenters. The van der Waals surface area contributed by atoms with E-state index < -0.39 is 0 Å². The van der Waals surface area contributed by atoms with Crippen LogP contribution in [0.1, 0.15) is 33.3 Å². The first kappa shape index (κ1) is 21.0. The van der Waals surface area contributed by atoms with Gasteiger partial charge in [-0.25, -0.2) is 0 Å². The fourth-order valence-electron chi connectivity index (χ4n) is 2.67. The number of aliphatic imine (C=N–C) groups is 1. The first-order chi connectivity index (χ1) is 13.3. The maximum absolute atomic E-state index is 12.8. The lowest BCUT2D eigenvalue weighted by molar-refractivity contribution is -0.123. The van der Waals surface area contributed by atoms with Crippen LogP contribution in [0.4, 0.5) is 0 Å². The van der Waals surface area contributed by atoms with E-state index in [0.29, 0.717) is 4.91 Å². The van der Waals surface area contributed by atoms with E-state index in [4.69, 9.17) is 11.6 Å². The van der Waals surface area contributed by atoms with Crippen molar-refractivity contribution in [1.82, 2.24) is 4.90 Å². The molecule has 6 heteroatoms. The Balaban J connectivity index is 1.77. The van der Waals surface area contributed by atoms with Gasteiger partial charge in [-0.3, -0.25) is 14.7 Å². The maximum Gasteiger partial charge on any atom is 0.266 e. The van der Waals surface area contributed by atoms with Gasteiger partial charge in [-0.1, -0.05) is 35.5 Å². The first-order valence-corrected chi connectivity index (χ1v) is 11.2. The topological polar surface area (TPSA) is 32.7 Å². The average Bonchev–Trinajstić information content (AvgIpc) is 2.93. The molecule has 2 aromatic carbocycles. The van der Waals surface area contributed by atoms with Gasteiger partial charge in [0.1, 0.15) is 0 Å². The summed E-state index contributed by atoms with van der Waals surface area (Å²) in [6.07, 6.45) is 1.95. The molecule has 1 amide bonds. The van der Waals surface area contributed by atoms with E-state index in [0.717, 1.165) is 25.5 Å². The van der Waals surface area contributed by atoms with Crippen molar-refractivity contribution in [2.45, 2.75) is 49.6 Å². The molecule has 146 valence electrons. The van der Waals surface area contributed by atoms with Crippen molar-refractivity contribution in [3.63, 3.8) is 0 Å². The molecule has 3 nitrogen and oxygen atoms in total. The number of rotatable bonds is 5. The van der Waals surface area contributed by atoms with Crippen LogP contribution in [0.5, 0.6) is 0 Å². The molecule has 0 spiro atoms. The van der Waals surface area contributed by atoms with E-state index in [1.165, 1.54) is 11.8 Å². The summed E-state index contributed by atoms with van der Waals surface area (Å²) in [4.78, 5) is 22.2. The van der Waals surface area contributed by atoms with E-state index >= 15 is 0 Å². The third kappa shape index (κ3) is 5.22. The number of halogens is 1. The van der Waals surface area contributed by atoms with Crippen molar-refractivity contribution in [2.24, 2.45) is 4.99 Å². The summed E-state index contributed by atoms with van der Waals surface area (Å²) in [5, 5.41) is 1.53. The van der Waals surface area contributed by atoms with Gasteiger partial charge >= 0.3 is 0 Å². The molecule has 1 heterocycles. The monoisotopic (exact) mass is 430 g/mol. The maximum atomic E-state index is 12.8. The molecule has 1 aliphatic heterocycles. The Hall–Kier alpha value is -1.69. The lowest BCUT2D eigenvalue weighted by atomic mass is 10.2. The number of thioether (sulfide) groups is 1. The zero-order valence-corrected chi connectivity index (χ0v) is 18.7. The summed E-state index contributed by atoms with van der Waals surface area (Å²) in [5.74, 6) is 0.0269. The first-order valence-electron chi connectivity index (χ1n) is 9.18. The summed E-state index contributed by atoms with van der Waals surface area (Å²) in [6, 6.07) is 16.2. The zero-order valence-electron chi connectivity index (χ0n) is 16.3. The second kappa shape index (κ2) is 9.21. The number of amides is 1. The number of nitrogens with zero attached hydrogens (tertiary/aromatic N) is 2. The van der Waals surface area contributed by atoms with Crippen molar-refractivity contribution in [1.29, 1.82) is 0 Å². The smallest absolute Gasteiger partial charge is 0.266 e. The highest BCUT2D eigenvalue weighted by Crippen LogP contribution is 2.35. The third-order valence-electron chi connectivity index (χ3n) is 3.95. The van der Waals surface area contributed by atoms with Gasteiger partial charge in [0.15, 0.2) is 5.17 Å². The van der Waals surface area contributed by atoms with Crippen LogP contribution in [0, 0.1) is 0 Å². The fraction of sp³-hybridized carbons (Fsp3) is 0.273. The summed E-state index contributed by atoms with van der Waals surface area (Å²) in [5.41, 5.74) is 1.01. The van der Waals surface area contributed by atoms with Crippen LogP contribution < -0.4 is 0 Å². The van der Waals surface area contributed by atoms with Gasteiger partial charge in [-0.15, -0.1) is 0 Å². The molecule has 0 saturated carbocycles. The Bertz CT molecular complexity index is 903. The summed E-state index contributed by atoms with van der Waals surface area (Å²) < 4.78 is 0. The van der Waals surface area contributed by atoms with Crippen LogP contribution in [0.2, 0.25) is 5.02 Å². The molecule has 0 unspecified atom stereocenters. The van der Waals surface area contributed by atoms with Gasteiger partial charge in [0.25, 0.3) is 5.91 Å². The number of hydrogen-bond acceptors (Lipinski definition) is 4. The van der Waals surface area contributed by atoms with Crippen molar-refractivity contribution in [2.75, 3.05) is 0 Å². The average molecular weight is 431 g/mol. The van der Waals surface area contributed by atoms with E-state index in [1.54, 1.807) is 16.7 Å². The minimum absolute atomic E-state index is 0.0269. The van der Waals surface area contributed by atoms with Crippen LogP contribution in [0.25, 0.3) is 6.08 Å². The molecule has 28 heavy (non-hydrogen) atoms. The molecule has 1 aliphatic rings. The van der Waals surface area contributed by atoms with Gasteiger partial charge in [-0.05, 0) is 87.5 Å². The van der Waals surface area contributed by atoms with Crippen molar-refractivity contribution >= 4 is 52.3 Å². The van der Waals surface area contributed by atoms with Crippen molar-refractivity contribution in [3.05, 3.63) is 64.0 Å². The SMILES string of the molecule is CC(C)N=C1S/C(=C/c2ccc(Sc3ccc(Cl)cc3)cc2)C(=O)N1C(C)C. The summed E-state index contributed by atoms with van der Waals surface area (Å²) >= 11 is 9.08. The minimum Gasteiger partial charge on any atom is -0.284 e. The molecule has 1 saturated heterocycles. The quantitative estimate of drug-likeness (QED) is 0.502. The predicted molar refractivity (Wildman–Crippen MR) is 122 cm³/mol. The Morgan fingerprint density at radius 1 is 1.00 bits per heavy atom. The lowest BCUT2D eigenvalue weighted by Gasteiger charge is -2.20. The molecule has 0 N–H and O–H groups in total. The number of carbonyl (C=O) groups is 1. The molecule has 2 aromatic rings. The molecule has 0 bridgehead atoms. The standard InChI is InChI=1S/C22H23ClN2OS2/c1-14(2)24-22-25(15(3)4)21(26)20(28-22)13-16-5-9-18(10-6-16)27-19-11-7-17(23)8-12-19/h5-15H,1-4H3/b20-13+,24-22?. The fourth-order valence-corrected chi connectivity index (χ4v) is 4.85. The van der Waals surface area contributed by atoms with Gasteiger partial charge < -0.3 is 0 Å². The minimum atomic E-state index is 0.0269. The predicted octanol–water partition coefficient (Wildman–Crippen LogP) is 6.58. The van der Waals surface area contributed by atoms with Crippen LogP contribution in [-0.4, -0.2) is 28.1 Å². The highest BCUT2D eigenvalue weighted by molar-refractivity contribution is 8.18. The highest BCUT2D eigenvalue weighted by atomic mass is 35.5. The second-order valence-electron chi connectivity index (χ2n) is 7.01. The molecule has 0 aromatic heterocycles. The van der Waals surface area contributed by atoms with Crippen molar-refractivity contribution < 1.29 is 4.79 Å². The second-order valence-corrected chi connectivity index (χ2v) is 9.60.